The summed E-state index contributed by atoms with van der Waals surface area (Å²) in [7, 11) is 1.89. The summed E-state index contributed by atoms with van der Waals surface area (Å²) < 4.78 is 13.2. The fourth-order valence-corrected chi connectivity index (χ4v) is 1.77. The first-order valence-corrected chi connectivity index (χ1v) is 5.71. The normalized spacial score (nSPS) is 14.1. The zero-order chi connectivity index (χ0) is 13.1. The van der Waals surface area contributed by atoms with Crippen molar-refractivity contribution in [3.63, 3.8) is 0 Å². The third-order valence-electron chi connectivity index (χ3n) is 3.27. The molecule has 1 aromatic carbocycles. The van der Waals surface area contributed by atoms with Crippen molar-refractivity contribution in [1.29, 1.82) is 0 Å². The third kappa shape index (κ3) is 3.25. The molecule has 0 spiro atoms. The molecular weight excluding hydrogens is 219 g/mol. The van der Waals surface area contributed by atoms with E-state index in [0.717, 1.165) is 5.56 Å². The minimum Gasteiger partial charge on any atom is -0.394 e. The van der Waals surface area contributed by atoms with E-state index in [0.29, 0.717) is 6.54 Å². The number of nitrogens with zero attached hydrogens (tertiary/aromatic N) is 1. The summed E-state index contributed by atoms with van der Waals surface area (Å²) in [5.74, 6) is -0.267. The number of aliphatic hydroxyl groups excluding tert-OH is 1. The van der Waals surface area contributed by atoms with Crippen LogP contribution in [0.4, 0.5) is 4.39 Å². The number of likely N-dealkylation sites (N-methyl/N-ethyl adjacent to an activating group) is 1. The van der Waals surface area contributed by atoms with E-state index in [9.17, 15) is 9.50 Å². The Kier molecular flexibility index (Phi) is 4.62. The Balaban J connectivity index is 2.99. The standard InChI is InChI=1S/C13H21FN2O/c1-13(2,9-17)16(3)12(8-15)10-5-4-6-11(14)7-10/h4-7,12,17H,8-9,15H2,1-3H3. The Morgan fingerprint density at radius 2 is 2.12 bits per heavy atom. The predicted molar refractivity (Wildman–Crippen MR) is 67.1 cm³/mol. The van der Waals surface area contributed by atoms with Gasteiger partial charge in [-0.2, -0.15) is 0 Å². The Morgan fingerprint density at radius 1 is 1.47 bits per heavy atom. The van der Waals surface area contributed by atoms with Crippen molar-refractivity contribution in [2.45, 2.75) is 25.4 Å². The average Bonchev–Trinajstić information content (AvgIpc) is 2.30. The minimum atomic E-state index is -0.393. The highest BCUT2D eigenvalue weighted by Gasteiger charge is 2.29. The highest BCUT2D eigenvalue weighted by atomic mass is 19.1. The van der Waals surface area contributed by atoms with Crippen LogP contribution in [-0.4, -0.2) is 35.7 Å². The molecule has 0 heterocycles. The molecule has 3 nitrogen and oxygen atoms in total. The maximum atomic E-state index is 13.2. The first-order valence-electron chi connectivity index (χ1n) is 5.71. The second-order valence-corrected chi connectivity index (χ2v) is 4.89. The molecule has 0 fully saturated rings. The number of nitrogens with two attached hydrogens (primary N) is 1. The van der Waals surface area contributed by atoms with Crippen LogP contribution < -0.4 is 5.73 Å². The number of hydrogen-bond donors (Lipinski definition) is 2. The topological polar surface area (TPSA) is 49.5 Å². The fourth-order valence-electron chi connectivity index (χ4n) is 1.77. The van der Waals surface area contributed by atoms with Gasteiger partial charge in [0.05, 0.1) is 6.61 Å². The molecular formula is C13H21FN2O. The van der Waals surface area contributed by atoms with Gasteiger partial charge < -0.3 is 10.8 Å². The number of rotatable bonds is 5. The van der Waals surface area contributed by atoms with Crippen molar-refractivity contribution in [2.24, 2.45) is 5.73 Å². The molecule has 0 amide bonds. The molecule has 1 unspecified atom stereocenters. The van der Waals surface area contributed by atoms with Crippen LogP contribution in [-0.2, 0) is 0 Å². The highest BCUT2D eigenvalue weighted by Crippen LogP contribution is 2.25. The van der Waals surface area contributed by atoms with E-state index < -0.39 is 5.54 Å². The zero-order valence-corrected chi connectivity index (χ0v) is 10.7. The number of aliphatic hydroxyl groups is 1. The van der Waals surface area contributed by atoms with Gasteiger partial charge in [0.25, 0.3) is 0 Å². The summed E-state index contributed by atoms with van der Waals surface area (Å²) >= 11 is 0. The number of benzene rings is 1. The van der Waals surface area contributed by atoms with Crippen LogP contribution in [0, 0.1) is 5.82 Å². The quantitative estimate of drug-likeness (QED) is 0.820. The van der Waals surface area contributed by atoms with Gasteiger partial charge in [-0.15, -0.1) is 0 Å². The molecule has 1 rings (SSSR count). The summed E-state index contributed by atoms with van der Waals surface area (Å²) in [5, 5.41) is 9.35. The number of halogens is 1. The van der Waals surface area contributed by atoms with Crippen molar-refractivity contribution in [3.8, 4) is 0 Å². The van der Waals surface area contributed by atoms with Crippen molar-refractivity contribution >= 4 is 0 Å². The first-order chi connectivity index (χ1) is 7.92. The molecule has 0 bridgehead atoms. The predicted octanol–water partition coefficient (Wildman–Crippen LogP) is 1.53. The molecule has 4 heteroatoms. The Hall–Kier alpha value is -0.970. The lowest BCUT2D eigenvalue weighted by Crippen LogP contribution is -2.48. The lowest BCUT2D eigenvalue weighted by molar-refractivity contribution is 0.0469. The summed E-state index contributed by atoms with van der Waals surface area (Å²) in [4.78, 5) is 1.97. The van der Waals surface area contributed by atoms with Crippen LogP contribution in [0.2, 0.25) is 0 Å². The van der Waals surface area contributed by atoms with Crippen molar-refractivity contribution in [3.05, 3.63) is 35.6 Å². The average molecular weight is 240 g/mol. The molecule has 17 heavy (non-hydrogen) atoms. The maximum Gasteiger partial charge on any atom is 0.123 e. The second kappa shape index (κ2) is 5.58. The van der Waals surface area contributed by atoms with Gasteiger partial charge >= 0.3 is 0 Å². The van der Waals surface area contributed by atoms with E-state index in [1.807, 2.05) is 31.9 Å². The molecule has 0 saturated heterocycles. The van der Waals surface area contributed by atoms with E-state index in [2.05, 4.69) is 0 Å². The number of hydrogen-bond acceptors (Lipinski definition) is 3. The van der Waals surface area contributed by atoms with Gasteiger partial charge in [-0.3, -0.25) is 4.90 Å². The summed E-state index contributed by atoms with van der Waals surface area (Å²) in [6.07, 6.45) is 0. The van der Waals surface area contributed by atoms with E-state index in [4.69, 9.17) is 5.73 Å². The van der Waals surface area contributed by atoms with Crippen LogP contribution in [0.15, 0.2) is 24.3 Å². The summed E-state index contributed by atoms with van der Waals surface area (Å²) in [6, 6.07) is 6.32. The Morgan fingerprint density at radius 3 is 2.59 bits per heavy atom. The molecule has 0 aliphatic rings. The molecule has 0 aromatic heterocycles. The molecule has 3 N–H and O–H groups in total. The lowest BCUT2D eigenvalue weighted by atomic mass is 9.98. The lowest BCUT2D eigenvalue weighted by Gasteiger charge is -2.39. The fraction of sp³-hybridized carbons (Fsp3) is 0.538. The molecule has 0 aliphatic heterocycles. The van der Waals surface area contributed by atoms with Crippen molar-refractivity contribution in [1.82, 2.24) is 4.90 Å². The maximum absolute atomic E-state index is 13.2. The summed E-state index contributed by atoms with van der Waals surface area (Å²) in [5.41, 5.74) is 6.20. The van der Waals surface area contributed by atoms with Gasteiger partial charge in [-0.25, -0.2) is 4.39 Å². The van der Waals surface area contributed by atoms with E-state index in [1.165, 1.54) is 12.1 Å². The van der Waals surface area contributed by atoms with Crippen LogP contribution in [0.1, 0.15) is 25.5 Å². The van der Waals surface area contributed by atoms with E-state index in [1.54, 1.807) is 6.07 Å². The summed E-state index contributed by atoms with van der Waals surface area (Å²) in [6.45, 7) is 4.25. The molecule has 0 aliphatic carbocycles. The Bertz CT molecular complexity index is 368. The van der Waals surface area contributed by atoms with E-state index >= 15 is 0 Å². The van der Waals surface area contributed by atoms with E-state index in [-0.39, 0.29) is 18.5 Å². The van der Waals surface area contributed by atoms with Gasteiger partial charge in [0.15, 0.2) is 0 Å². The van der Waals surface area contributed by atoms with Gasteiger partial charge in [-0.1, -0.05) is 12.1 Å². The third-order valence-corrected chi connectivity index (χ3v) is 3.27. The second-order valence-electron chi connectivity index (χ2n) is 4.89. The van der Waals surface area contributed by atoms with Crippen LogP contribution in [0.25, 0.3) is 0 Å². The van der Waals surface area contributed by atoms with Gasteiger partial charge in [0.1, 0.15) is 5.82 Å². The molecule has 96 valence electrons. The van der Waals surface area contributed by atoms with Crippen molar-refractivity contribution in [2.75, 3.05) is 20.2 Å². The van der Waals surface area contributed by atoms with Crippen LogP contribution in [0.5, 0.6) is 0 Å². The highest BCUT2D eigenvalue weighted by molar-refractivity contribution is 5.21. The molecule has 0 saturated carbocycles. The minimum absolute atomic E-state index is 0.0231. The van der Waals surface area contributed by atoms with Crippen LogP contribution in [0.3, 0.4) is 0 Å². The van der Waals surface area contributed by atoms with Crippen molar-refractivity contribution < 1.29 is 9.50 Å². The smallest absolute Gasteiger partial charge is 0.123 e. The molecule has 0 radical (unpaired) electrons. The first kappa shape index (κ1) is 14.1. The monoisotopic (exact) mass is 240 g/mol. The zero-order valence-electron chi connectivity index (χ0n) is 10.7. The van der Waals surface area contributed by atoms with Crippen LogP contribution >= 0.6 is 0 Å². The van der Waals surface area contributed by atoms with Gasteiger partial charge in [0.2, 0.25) is 0 Å². The molecule has 1 atom stereocenters. The van der Waals surface area contributed by atoms with Gasteiger partial charge in [-0.05, 0) is 38.6 Å². The SMILES string of the molecule is CN(C(CN)c1cccc(F)c1)C(C)(C)CO. The molecule has 1 aromatic rings. The largest absolute Gasteiger partial charge is 0.394 e. The van der Waals surface area contributed by atoms with Gasteiger partial charge in [0, 0.05) is 18.1 Å². The Labute approximate surface area is 102 Å².